The average Bonchev–Trinajstić information content (AvgIpc) is 3.56. The van der Waals surface area contributed by atoms with Crippen LogP contribution in [0, 0.1) is 0 Å². The maximum absolute atomic E-state index is 2.48. The van der Waals surface area contributed by atoms with Crippen molar-refractivity contribution in [1.29, 1.82) is 0 Å². The summed E-state index contributed by atoms with van der Waals surface area (Å²) in [5.74, 6) is 0. The third kappa shape index (κ3) is 4.33. The van der Waals surface area contributed by atoms with Gasteiger partial charge in [-0.2, -0.15) is 0 Å². The first-order valence-electron chi connectivity index (χ1n) is 10.7. The number of hydrogen-bond acceptors (Lipinski definition) is 2. The summed E-state index contributed by atoms with van der Waals surface area (Å²) in [6.07, 6.45) is 4.96. The van der Waals surface area contributed by atoms with Gasteiger partial charge in [-0.1, -0.05) is 0 Å². The van der Waals surface area contributed by atoms with Gasteiger partial charge in [0.05, 0.1) is 0 Å². The normalized spacial score (nSPS) is 17.8. The van der Waals surface area contributed by atoms with Crippen LogP contribution >= 0.6 is 22.7 Å². The second kappa shape index (κ2) is 10.2. The van der Waals surface area contributed by atoms with Gasteiger partial charge in [-0.3, -0.25) is 0 Å². The Morgan fingerprint density at radius 2 is 1.06 bits per heavy atom. The molecule has 0 N–H and O–H groups in total. The van der Waals surface area contributed by atoms with Crippen LogP contribution in [-0.4, -0.2) is 0 Å². The van der Waals surface area contributed by atoms with Crippen molar-refractivity contribution in [3.8, 4) is 20.9 Å². The number of benzene rings is 2. The molecule has 0 radical (unpaired) electrons. The van der Waals surface area contributed by atoms with Crippen LogP contribution in [0.1, 0.15) is 43.4 Å². The van der Waals surface area contributed by atoms with Crippen molar-refractivity contribution >= 4 is 34.8 Å². The monoisotopic (exact) mass is 582 g/mol. The van der Waals surface area contributed by atoms with E-state index in [2.05, 4.69) is 97.4 Å². The summed E-state index contributed by atoms with van der Waals surface area (Å²) in [5.41, 5.74) is 12.1. The Hall–Kier alpha value is -1.22. The van der Waals surface area contributed by atoms with Crippen molar-refractivity contribution in [1.82, 2.24) is 0 Å². The molecule has 33 heavy (non-hydrogen) atoms. The zero-order chi connectivity index (χ0) is 20.9. The molecule has 2 atom stereocenters. The van der Waals surface area contributed by atoms with Crippen LogP contribution in [0.2, 0.25) is 0 Å². The Kier molecular flexibility index (Phi) is 7.68. The summed E-state index contributed by atoms with van der Waals surface area (Å²) in [6, 6.07) is 22.7. The fourth-order valence-electron chi connectivity index (χ4n) is 5.01. The van der Waals surface area contributed by atoms with Crippen LogP contribution in [0.3, 0.4) is 0 Å². The molecular formula is C28H22Cl2S2Zr. The van der Waals surface area contributed by atoms with Gasteiger partial charge in [-0.05, 0) is 0 Å². The van der Waals surface area contributed by atoms with Crippen LogP contribution in [-0.2, 0) is 23.2 Å². The Morgan fingerprint density at radius 3 is 1.45 bits per heavy atom. The first-order valence-corrected chi connectivity index (χ1v) is 15.3. The Balaban J connectivity index is 0.00000130. The molecule has 0 saturated carbocycles. The Morgan fingerprint density at radius 1 is 0.606 bits per heavy atom. The van der Waals surface area contributed by atoms with E-state index in [0.717, 1.165) is 0 Å². The van der Waals surface area contributed by atoms with E-state index in [-0.39, 0.29) is 24.8 Å². The first kappa shape index (κ1) is 24.9. The predicted octanol–water partition coefficient (Wildman–Crippen LogP) is 2.85. The van der Waals surface area contributed by atoms with Gasteiger partial charge in [0.25, 0.3) is 0 Å². The molecular weight excluding hydrogens is 563 g/mol. The topological polar surface area (TPSA) is 0 Å². The molecule has 4 aromatic rings. The minimum Gasteiger partial charge on any atom is -1.00 e. The third-order valence-electron chi connectivity index (χ3n) is 6.46. The van der Waals surface area contributed by atoms with Crippen LogP contribution in [0.5, 0.6) is 0 Å². The van der Waals surface area contributed by atoms with Crippen LogP contribution in [0.4, 0.5) is 0 Å². The van der Waals surface area contributed by atoms with Gasteiger partial charge < -0.3 is 24.8 Å². The average molecular weight is 585 g/mol. The van der Waals surface area contributed by atoms with Gasteiger partial charge in [0.15, 0.2) is 0 Å². The van der Waals surface area contributed by atoms with Crippen LogP contribution < -0.4 is 24.8 Å². The molecule has 2 aliphatic carbocycles. The SMILES string of the molecule is CC1=Cc2c(-c3cccs3)cccc2[CH]1[Zr+2][CH]1C(C)=Cc2c(-c3cccs3)cccc21.[Cl-].[Cl-]. The van der Waals surface area contributed by atoms with Gasteiger partial charge in [0, 0.05) is 0 Å². The molecule has 2 aromatic carbocycles. The van der Waals surface area contributed by atoms with Crippen LogP contribution in [0.25, 0.3) is 33.0 Å². The summed E-state index contributed by atoms with van der Waals surface area (Å²) < 4.78 is 1.31. The standard InChI is InChI=1S/2C14H11S.2ClH.Zr/c2*1-10-8-11-4-2-5-12(13(11)9-10)14-6-3-7-15-14;;;/h2*2-9H,1H3;2*1H;/q;;;;+2/p-2. The molecule has 6 rings (SSSR count). The fourth-order valence-corrected chi connectivity index (χ4v) is 11.2. The molecule has 0 saturated heterocycles. The van der Waals surface area contributed by atoms with Crippen LogP contribution in [0.15, 0.2) is 82.6 Å². The number of hydrogen-bond donors (Lipinski definition) is 0. The van der Waals surface area contributed by atoms with Gasteiger partial charge in [-0.25, -0.2) is 0 Å². The molecule has 0 fully saturated rings. The van der Waals surface area contributed by atoms with E-state index in [1.807, 2.05) is 22.7 Å². The molecule has 2 aromatic heterocycles. The van der Waals surface area contributed by atoms with Gasteiger partial charge in [0.2, 0.25) is 0 Å². The first-order chi connectivity index (χ1) is 15.2. The summed E-state index contributed by atoms with van der Waals surface area (Å²) in [6.45, 7) is 4.72. The van der Waals surface area contributed by atoms with E-state index in [0.29, 0.717) is 7.25 Å². The maximum Gasteiger partial charge on any atom is -1.00 e. The summed E-state index contributed by atoms with van der Waals surface area (Å²) >= 11 is 2.89. The van der Waals surface area contributed by atoms with E-state index >= 15 is 0 Å². The maximum atomic E-state index is 2.48. The van der Waals surface area contributed by atoms with Gasteiger partial charge in [-0.15, -0.1) is 0 Å². The predicted molar refractivity (Wildman–Crippen MR) is 132 cm³/mol. The molecule has 0 nitrogen and oxygen atoms in total. The van der Waals surface area contributed by atoms with Crippen molar-refractivity contribution in [2.24, 2.45) is 0 Å². The molecule has 0 spiro atoms. The second-order valence-electron chi connectivity index (χ2n) is 8.38. The van der Waals surface area contributed by atoms with Crippen molar-refractivity contribution in [2.45, 2.75) is 21.1 Å². The summed E-state index contributed by atoms with van der Waals surface area (Å²) in [4.78, 5) is 2.77. The number of halogens is 2. The molecule has 0 amide bonds. The summed E-state index contributed by atoms with van der Waals surface area (Å²) in [5, 5.41) is 4.37. The van der Waals surface area contributed by atoms with Crippen molar-refractivity contribution in [3.05, 3.63) is 105 Å². The largest absolute Gasteiger partial charge is 1.00 e. The molecule has 2 aliphatic rings. The zero-order valence-corrected chi connectivity index (χ0v) is 23.9. The third-order valence-corrected chi connectivity index (χ3v) is 13.7. The smallest absolute Gasteiger partial charge is 1.00 e. The van der Waals surface area contributed by atoms with E-state index < -0.39 is 23.2 Å². The molecule has 0 aliphatic heterocycles. The molecule has 2 unspecified atom stereocenters. The fraction of sp³-hybridized carbons (Fsp3) is 0.143. The van der Waals surface area contributed by atoms with E-state index in [9.17, 15) is 0 Å². The van der Waals surface area contributed by atoms with E-state index in [4.69, 9.17) is 0 Å². The van der Waals surface area contributed by atoms with Crippen molar-refractivity contribution in [3.63, 3.8) is 0 Å². The quantitative estimate of drug-likeness (QED) is 0.346. The molecule has 0 bridgehead atoms. The van der Waals surface area contributed by atoms with Crippen molar-refractivity contribution in [2.75, 3.05) is 0 Å². The minimum absolute atomic E-state index is 0. The minimum atomic E-state index is -0.799. The van der Waals surface area contributed by atoms with Gasteiger partial charge >= 0.3 is 205 Å². The molecule has 5 heteroatoms. The van der Waals surface area contributed by atoms with Crippen molar-refractivity contribution < 1.29 is 48.0 Å². The summed E-state index contributed by atoms with van der Waals surface area (Å²) in [7, 11) is 0. The van der Waals surface area contributed by atoms with Gasteiger partial charge in [0.1, 0.15) is 0 Å². The molecule has 164 valence electrons. The zero-order valence-electron chi connectivity index (χ0n) is 18.3. The molecule has 2 heterocycles. The number of fused-ring (bicyclic) bond motifs is 2. The number of allylic oxidation sites excluding steroid dienone is 2. The van der Waals surface area contributed by atoms with E-state index in [1.54, 1.807) is 22.3 Å². The second-order valence-corrected chi connectivity index (χ2v) is 13.9. The van der Waals surface area contributed by atoms with E-state index in [1.165, 1.54) is 32.0 Å². The number of thiophene rings is 2. The Bertz CT molecular complexity index is 1230. The Labute approximate surface area is 227 Å². The number of rotatable bonds is 4.